The van der Waals surface area contributed by atoms with Gasteiger partial charge in [-0.25, -0.2) is 0 Å². The van der Waals surface area contributed by atoms with Crippen LogP contribution in [0.4, 0.5) is 0 Å². The summed E-state index contributed by atoms with van der Waals surface area (Å²) in [5.74, 6) is -0.633. The van der Waals surface area contributed by atoms with Crippen molar-refractivity contribution < 1.29 is 24.5 Å². The van der Waals surface area contributed by atoms with Crippen molar-refractivity contribution in [2.45, 2.75) is 219 Å². The minimum atomic E-state index is -0.813. The first-order valence-electron chi connectivity index (χ1n) is 22.1. The Kier molecular flexibility index (Phi) is 38.9. The molecule has 306 valence electrons. The molecule has 0 saturated heterocycles. The first kappa shape index (κ1) is 50.6. The summed E-state index contributed by atoms with van der Waals surface area (Å²) >= 11 is 0. The average Bonchev–Trinajstić information content (AvgIpc) is 3.15. The van der Waals surface area contributed by atoms with Crippen molar-refractivity contribution >= 4 is 11.9 Å². The largest absolute Gasteiger partial charge is 0.458 e. The maximum Gasteiger partial charge on any atom is 0.306 e. The number of allylic oxidation sites excluding steroid dienone is 9. The van der Waals surface area contributed by atoms with Crippen LogP contribution in [0.1, 0.15) is 201 Å². The van der Waals surface area contributed by atoms with E-state index in [1.807, 2.05) is 12.2 Å². The number of hydrogen-bond donors (Lipinski definition) is 3. The predicted molar refractivity (Wildman–Crippen MR) is 227 cm³/mol. The molecular formula is C47H83NO5. The van der Waals surface area contributed by atoms with Crippen molar-refractivity contribution in [3.63, 3.8) is 0 Å². The van der Waals surface area contributed by atoms with E-state index in [1.54, 1.807) is 0 Å². The molecule has 1 amide bonds. The normalized spacial score (nSPS) is 14.0. The number of aliphatic hydroxyl groups excluding tert-OH is 2. The van der Waals surface area contributed by atoms with Gasteiger partial charge < -0.3 is 20.3 Å². The minimum absolute atomic E-state index is 0.0389. The van der Waals surface area contributed by atoms with Crippen molar-refractivity contribution in [2.24, 2.45) is 0 Å². The second-order valence-corrected chi connectivity index (χ2v) is 14.8. The molecule has 3 unspecified atom stereocenters. The van der Waals surface area contributed by atoms with Gasteiger partial charge in [0.2, 0.25) is 5.91 Å². The van der Waals surface area contributed by atoms with Crippen molar-refractivity contribution in [3.05, 3.63) is 60.8 Å². The van der Waals surface area contributed by atoms with Crippen LogP contribution in [0.15, 0.2) is 60.8 Å². The Balaban J connectivity index is 4.73. The van der Waals surface area contributed by atoms with Crippen LogP contribution < -0.4 is 5.32 Å². The molecular weight excluding hydrogens is 659 g/mol. The number of nitrogens with one attached hydrogen (secondary N) is 1. The Morgan fingerprint density at radius 3 is 1.72 bits per heavy atom. The third kappa shape index (κ3) is 36.3. The molecule has 53 heavy (non-hydrogen) atoms. The van der Waals surface area contributed by atoms with E-state index >= 15 is 0 Å². The summed E-state index contributed by atoms with van der Waals surface area (Å²) in [6.45, 7) is 6.27. The lowest BCUT2D eigenvalue weighted by atomic mass is 10.0. The van der Waals surface area contributed by atoms with Crippen LogP contribution in [0.3, 0.4) is 0 Å². The number of rotatable bonds is 38. The van der Waals surface area contributed by atoms with Crippen LogP contribution in [-0.2, 0) is 14.3 Å². The molecule has 0 bridgehead atoms. The maximum absolute atomic E-state index is 13.1. The number of ether oxygens (including phenoxy) is 1. The molecule has 0 aliphatic carbocycles. The van der Waals surface area contributed by atoms with E-state index in [1.165, 1.54) is 83.5 Å². The smallest absolute Gasteiger partial charge is 0.306 e. The Morgan fingerprint density at radius 1 is 0.604 bits per heavy atom. The maximum atomic E-state index is 13.1. The van der Waals surface area contributed by atoms with Gasteiger partial charge in [0.15, 0.2) is 0 Å². The number of esters is 1. The zero-order valence-electron chi connectivity index (χ0n) is 34.6. The van der Waals surface area contributed by atoms with Gasteiger partial charge in [0.05, 0.1) is 25.2 Å². The third-order valence-electron chi connectivity index (χ3n) is 9.64. The van der Waals surface area contributed by atoms with Gasteiger partial charge in [-0.05, 0) is 57.4 Å². The fourth-order valence-electron chi connectivity index (χ4n) is 6.28. The van der Waals surface area contributed by atoms with E-state index in [0.29, 0.717) is 19.3 Å². The minimum Gasteiger partial charge on any atom is -0.458 e. The highest BCUT2D eigenvalue weighted by Gasteiger charge is 2.23. The zero-order valence-corrected chi connectivity index (χ0v) is 34.6. The van der Waals surface area contributed by atoms with Gasteiger partial charge in [-0.2, -0.15) is 0 Å². The quantitative estimate of drug-likeness (QED) is 0.0253. The van der Waals surface area contributed by atoms with Crippen LogP contribution >= 0.6 is 0 Å². The molecule has 0 aliphatic rings. The second kappa shape index (κ2) is 40.7. The molecule has 0 rings (SSSR count). The molecule has 0 heterocycles. The lowest BCUT2D eigenvalue weighted by Gasteiger charge is -2.23. The Morgan fingerprint density at radius 2 is 1.13 bits per heavy atom. The second-order valence-electron chi connectivity index (χ2n) is 14.8. The first-order chi connectivity index (χ1) is 26.0. The average molecular weight is 742 g/mol. The van der Waals surface area contributed by atoms with Crippen molar-refractivity contribution in [1.82, 2.24) is 5.32 Å². The van der Waals surface area contributed by atoms with Crippen molar-refractivity contribution in [3.8, 4) is 0 Å². The summed E-state index contributed by atoms with van der Waals surface area (Å²) in [7, 11) is 0. The van der Waals surface area contributed by atoms with Crippen LogP contribution in [0, 0.1) is 0 Å². The van der Waals surface area contributed by atoms with E-state index in [0.717, 1.165) is 70.6 Å². The zero-order chi connectivity index (χ0) is 38.9. The molecule has 0 fully saturated rings. The summed E-state index contributed by atoms with van der Waals surface area (Å²) in [6, 6.07) is -0.735. The molecule has 0 aromatic rings. The van der Waals surface area contributed by atoms with Gasteiger partial charge in [-0.15, -0.1) is 0 Å². The number of amides is 1. The highest BCUT2D eigenvalue weighted by molar-refractivity contribution is 5.78. The summed E-state index contributed by atoms with van der Waals surface area (Å²) in [6.07, 6.45) is 48.8. The number of carbonyl (C=O) groups excluding carboxylic acids is 2. The molecule has 0 saturated carbocycles. The molecule has 0 radical (unpaired) electrons. The lowest BCUT2D eigenvalue weighted by Crippen LogP contribution is -2.46. The molecule has 6 heteroatoms. The number of unbranched alkanes of at least 4 members (excludes halogenated alkanes) is 20. The van der Waals surface area contributed by atoms with Crippen molar-refractivity contribution in [1.29, 1.82) is 0 Å². The number of hydrogen-bond acceptors (Lipinski definition) is 5. The molecule has 0 aromatic heterocycles. The summed E-state index contributed by atoms with van der Waals surface area (Å²) < 4.78 is 5.78. The van der Waals surface area contributed by atoms with Gasteiger partial charge in [-0.3, -0.25) is 9.59 Å². The van der Waals surface area contributed by atoms with Crippen LogP contribution in [0.5, 0.6) is 0 Å². The van der Waals surface area contributed by atoms with Crippen LogP contribution in [-0.4, -0.2) is 46.9 Å². The van der Waals surface area contributed by atoms with Gasteiger partial charge in [0.1, 0.15) is 6.10 Å². The fourth-order valence-corrected chi connectivity index (χ4v) is 6.28. The van der Waals surface area contributed by atoms with E-state index in [2.05, 4.69) is 74.7 Å². The van der Waals surface area contributed by atoms with E-state index in [-0.39, 0.29) is 24.9 Å². The van der Waals surface area contributed by atoms with E-state index in [4.69, 9.17) is 4.74 Å². The SMILES string of the molecule is CC/C=C/C=C/C=C\CCCCCCCC(=O)OC(/C=C/C/C=C\CCCCCCCC)CC(=O)NC(CO)C(O)CCCCCCCCCCCC. The third-order valence-corrected chi connectivity index (χ3v) is 9.64. The molecule has 0 aliphatic heterocycles. The van der Waals surface area contributed by atoms with Crippen LogP contribution in [0.2, 0.25) is 0 Å². The Hall–Kier alpha value is -2.44. The lowest BCUT2D eigenvalue weighted by molar-refractivity contribution is -0.148. The molecule has 6 nitrogen and oxygen atoms in total. The standard InChI is InChI=1S/C47H83NO5/c1-4-7-10-13-16-19-22-23-25-28-31-34-37-40-47(52)53-43(38-35-32-29-26-24-20-17-14-11-8-5-2)41-46(51)48-44(42-49)45(50)39-36-33-30-27-21-18-15-12-9-6-3/h7,10,13,16,19,22,26,29,35,38,43-45,49-50H,4-6,8-9,11-12,14-15,17-18,20-21,23-25,27-28,30-34,36-37,39-42H2,1-3H3,(H,48,51)/b10-7+,16-13+,22-19-,29-26-,38-35+. The highest BCUT2D eigenvalue weighted by atomic mass is 16.5. The number of aliphatic hydroxyl groups is 2. The Labute approximate surface area is 327 Å². The number of carbonyl (C=O) groups is 2. The van der Waals surface area contributed by atoms with Gasteiger partial charge in [0.25, 0.3) is 0 Å². The van der Waals surface area contributed by atoms with E-state index in [9.17, 15) is 19.8 Å². The van der Waals surface area contributed by atoms with Crippen molar-refractivity contribution in [2.75, 3.05) is 6.61 Å². The monoisotopic (exact) mass is 742 g/mol. The van der Waals surface area contributed by atoms with Crippen LogP contribution in [0.25, 0.3) is 0 Å². The van der Waals surface area contributed by atoms with Gasteiger partial charge >= 0.3 is 5.97 Å². The fraction of sp³-hybridized carbons (Fsp3) is 0.745. The Bertz CT molecular complexity index is 968. The van der Waals surface area contributed by atoms with E-state index < -0.39 is 18.2 Å². The topological polar surface area (TPSA) is 95.9 Å². The highest BCUT2D eigenvalue weighted by Crippen LogP contribution is 2.15. The van der Waals surface area contributed by atoms with Gasteiger partial charge in [-0.1, -0.05) is 191 Å². The first-order valence-corrected chi connectivity index (χ1v) is 22.1. The predicted octanol–water partition coefficient (Wildman–Crippen LogP) is 12.5. The summed E-state index contributed by atoms with van der Waals surface area (Å²) in [5.41, 5.74) is 0. The molecule has 0 spiro atoms. The molecule has 3 N–H and O–H groups in total. The molecule has 3 atom stereocenters. The molecule has 0 aromatic carbocycles. The summed E-state index contributed by atoms with van der Waals surface area (Å²) in [5, 5.41) is 23.5. The van der Waals surface area contributed by atoms with Gasteiger partial charge in [0, 0.05) is 6.42 Å². The summed E-state index contributed by atoms with van der Waals surface area (Å²) in [4.78, 5) is 25.8.